The van der Waals surface area contributed by atoms with Crippen molar-refractivity contribution < 1.29 is 9.59 Å². The molecule has 1 fully saturated rings. The van der Waals surface area contributed by atoms with Crippen LogP contribution in [-0.4, -0.2) is 51.2 Å². The van der Waals surface area contributed by atoms with Crippen LogP contribution in [0.3, 0.4) is 0 Å². The second-order valence-electron chi connectivity index (χ2n) is 6.83. The van der Waals surface area contributed by atoms with E-state index in [1.165, 1.54) is 22.7 Å². The zero-order chi connectivity index (χ0) is 19.7. The minimum absolute atomic E-state index is 0.0901. The fourth-order valence-corrected chi connectivity index (χ4v) is 4.93. The molecule has 0 aromatic carbocycles. The Morgan fingerprint density at radius 3 is 2.93 bits per heavy atom. The summed E-state index contributed by atoms with van der Waals surface area (Å²) in [5.41, 5.74) is 0.444. The van der Waals surface area contributed by atoms with Gasteiger partial charge in [-0.2, -0.15) is 0 Å². The largest absolute Gasteiger partial charge is 0.336 e. The van der Waals surface area contributed by atoms with Gasteiger partial charge in [0.1, 0.15) is 16.6 Å². The molecule has 0 bridgehead atoms. The number of H-pyrrole nitrogens is 1. The fourth-order valence-electron chi connectivity index (χ4n) is 3.53. The van der Waals surface area contributed by atoms with Crippen molar-refractivity contribution in [2.45, 2.75) is 31.8 Å². The van der Waals surface area contributed by atoms with Gasteiger partial charge in [0, 0.05) is 13.6 Å². The highest BCUT2D eigenvalue weighted by Gasteiger charge is 2.34. The molecule has 3 aromatic rings. The number of nitrogens with zero attached hydrogens (tertiary/aromatic N) is 3. The van der Waals surface area contributed by atoms with Gasteiger partial charge in [0.25, 0.3) is 11.5 Å². The van der Waals surface area contributed by atoms with E-state index in [4.69, 9.17) is 0 Å². The summed E-state index contributed by atoms with van der Waals surface area (Å²) in [6.07, 6.45) is 2.45. The Balaban J connectivity index is 1.52. The van der Waals surface area contributed by atoms with Gasteiger partial charge in [-0.15, -0.1) is 22.7 Å². The smallest absolute Gasteiger partial charge is 0.268 e. The Bertz CT molecular complexity index is 1060. The number of nitrogens with one attached hydrogen (secondary N) is 1. The molecule has 4 heterocycles. The monoisotopic (exact) mass is 416 g/mol. The van der Waals surface area contributed by atoms with E-state index < -0.39 is 6.04 Å². The van der Waals surface area contributed by atoms with Crippen molar-refractivity contribution in [1.29, 1.82) is 0 Å². The van der Waals surface area contributed by atoms with E-state index in [9.17, 15) is 14.4 Å². The predicted octanol–water partition coefficient (Wildman–Crippen LogP) is 2.70. The summed E-state index contributed by atoms with van der Waals surface area (Å²) in [6.45, 7) is 0.772. The van der Waals surface area contributed by atoms with Crippen molar-refractivity contribution in [3.8, 4) is 0 Å². The quantitative estimate of drug-likeness (QED) is 0.709. The molecule has 9 heteroatoms. The van der Waals surface area contributed by atoms with Gasteiger partial charge in [0.05, 0.1) is 16.9 Å². The number of hydrogen-bond acceptors (Lipinski definition) is 6. The third-order valence-electron chi connectivity index (χ3n) is 4.91. The number of likely N-dealkylation sites (N-methyl/N-ethyl adjacent to an activating group) is 1. The van der Waals surface area contributed by atoms with Crippen LogP contribution in [0, 0.1) is 0 Å². The Hall–Kier alpha value is -2.52. The molecule has 0 saturated carbocycles. The van der Waals surface area contributed by atoms with Gasteiger partial charge >= 0.3 is 0 Å². The van der Waals surface area contributed by atoms with Gasteiger partial charge in [-0.05, 0) is 42.2 Å². The summed E-state index contributed by atoms with van der Waals surface area (Å²) in [4.78, 5) is 49.1. The minimum atomic E-state index is -0.482. The van der Waals surface area contributed by atoms with Crippen LogP contribution in [0.25, 0.3) is 10.2 Å². The summed E-state index contributed by atoms with van der Waals surface area (Å²) in [5, 5.41) is 3.68. The molecule has 28 heavy (non-hydrogen) atoms. The number of likely N-dealkylation sites (tertiary alicyclic amines) is 1. The number of amides is 2. The van der Waals surface area contributed by atoms with Crippen molar-refractivity contribution in [3.05, 3.63) is 50.0 Å². The fraction of sp³-hybridized carbons (Fsp3) is 0.368. The van der Waals surface area contributed by atoms with Gasteiger partial charge in [-0.25, -0.2) is 4.98 Å². The van der Waals surface area contributed by atoms with Gasteiger partial charge in [0.2, 0.25) is 5.91 Å². The average molecular weight is 417 g/mol. The lowest BCUT2D eigenvalue weighted by atomic mass is 10.0. The Labute approximate surface area is 169 Å². The predicted molar refractivity (Wildman–Crippen MR) is 110 cm³/mol. The van der Waals surface area contributed by atoms with Crippen LogP contribution < -0.4 is 5.56 Å². The Kier molecular flexibility index (Phi) is 5.27. The topological polar surface area (TPSA) is 86.4 Å². The Morgan fingerprint density at radius 1 is 1.29 bits per heavy atom. The van der Waals surface area contributed by atoms with Gasteiger partial charge in [0.15, 0.2) is 0 Å². The lowest BCUT2D eigenvalue weighted by Gasteiger charge is -2.36. The number of aromatic amines is 1. The number of rotatable bonds is 4. The van der Waals surface area contributed by atoms with E-state index in [1.807, 2.05) is 16.8 Å². The van der Waals surface area contributed by atoms with Crippen molar-refractivity contribution in [1.82, 2.24) is 19.8 Å². The summed E-state index contributed by atoms with van der Waals surface area (Å²) in [7, 11) is 1.68. The molecular formula is C19H20N4O3S2. The highest BCUT2D eigenvalue weighted by atomic mass is 32.1. The molecule has 2 amide bonds. The number of piperidine rings is 1. The molecule has 146 valence electrons. The lowest BCUT2D eigenvalue weighted by molar-refractivity contribution is -0.136. The van der Waals surface area contributed by atoms with E-state index in [0.717, 1.165) is 12.8 Å². The van der Waals surface area contributed by atoms with Crippen molar-refractivity contribution in [3.63, 3.8) is 0 Å². The molecule has 0 radical (unpaired) electrons. The maximum atomic E-state index is 13.1. The normalized spacial score (nSPS) is 17.0. The van der Waals surface area contributed by atoms with Crippen molar-refractivity contribution in [2.24, 2.45) is 0 Å². The number of thiophene rings is 2. The zero-order valence-electron chi connectivity index (χ0n) is 15.4. The van der Waals surface area contributed by atoms with Crippen LogP contribution in [0.15, 0.2) is 33.8 Å². The molecule has 1 saturated heterocycles. The molecule has 1 aliphatic rings. The number of hydrogen-bond donors (Lipinski definition) is 1. The van der Waals surface area contributed by atoms with E-state index in [1.54, 1.807) is 29.0 Å². The van der Waals surface area contributed by atoms with Gasteiger partial charge in [-0.1, -0.05) is 6.07 Å². The number of fused-ring (bicyclic) bond motifs is 1. The van der Waals surface area contributed by atoms with Gasteiger partial charge in [-0.3, -0.25) is 14.4 Å². The molecule has 4 rings (SSSR count). The first kappa shape index (κ1) is 18.8. The van der Waals surface area contributed by atoms with Crippen molar-refractivity contribution >= 4 is 44.7 Å². The minimum Gasteiger partial charge on any atom is -0.336 e. The first-order valence-corrected chi connectivity index (χ1v) is 10.9. The molecule has 3 aromatic heterocycles. The maximum Gasteiger partial charge on any atom is 0.268 e. The zero-order valence-corrected chi connectivity index (χ0v) is 17.0. The third-order valence-corrected chi connectivity index (χ3v) is 6.67. The number of carbonyl (C=O) groups excluding carboxylic acids is 2. The van der Waals surface area contributed by atoms with E-state index in [2.05, 4.69) is 9.97 Å². The van der Waals surface area contributed by atoms with Crippen LogP contribution >= 0.6 is 22.7 Å². The summed E-state index contributed by atoms with van der Waals surface area (Å²) < 4.78 is 0.581. The first-order valence-electron chi connectivity index (χ1n) is 9.10. The van der Waals surface area contributed by atoms with Crippen LogP contribution in [0.5, 0.6) is 0 Å². The molecule has 0 spiro atoms. The van der Waals surface area contributed by atoms with E-state index in [-0.39, 0.29) is 23.9 Å². The van der Waals surface area contributed by atoms with Crippen LogP contribution in [0.4, 0.5) is 0 Å². The number of carbonyl (C=O) groups is 2. The van der Waals surface area contributed by atoms with E-state index >= 15 is 0 Å². The van der Waals surface area contributed by atoms with Crippen LogP contribution in [-0.2, 0) is 11.3 Å². The summed E-state index contributed by atoms with van der Waals surface area (Å²) >= 11 is 2.73. The van der Waals surface area contributed by atoms with Crippen LogP contribution in [0.1, 0.15) is 34.8 Å². The standard InChI is InChI=1S/C19H20N4O3S2/c1-22(11-15-20-12-7-10-28-16(12)17(24)21-15)18(25)13-5-2-3-8-23(13)19(26)14-6-4-9-27-14/h4,6-7,9-10,13H,2-3,5,8,11H2,1H3,(H,20,21,24). The molecular weight excluding hydrogens is 396 g/mol. The highest BCUT2D eigenvalue weighted by molar-refractivity contribution is 7.17. The molecule has 7 nitrogen and oxygen atoms in total. The van der Waals surface area contributed by atoms with Crippen LogP contribution in [0.2, 0.25) is 0 Å². The molecule has 1 unspecified atom stereocenters. The maximum absolute atomic E-state index is 13.1. The molecule has 1 atom stereocenters. The Morgan fingerprint density at radius 2 is 2.14 bits per heavy atom. The van der Waals surface area contributed by atoms with E-state index in [0.29, 0.717) is 33.9 Å². The lowest BCUT2D eigenvalue weighted by Crippen LogP contribution is -2.52. The molecule has 1 N–H and O–H groups in total. The molecule has 1 aliphatic heterocycles. The highest BCUT2D eigenvalue weighted by Crippen LogP contribution is 2.23. The average Bonchev–Trinajstić information content (AvgIpc) is 3.39. The van der Waals surface area contributed by atoms with Crippen molar-refractivity contribution in [2.75, 3.05) is 13.6 Å². The molecule has 0 aliphatic carbocycles. The summed E-state index contributed by atoms with van der Waals surface area (Å²) in [6, 6.07) is 4.94. The second-order valence-corrected chi connectivity index (χ2v) is 8.69. The SMILES string of the molecule is CN(Cc1nc2ccsc2c(=O)[nH]1)C(=O)C1CCCCN1C(=O)c1cccs1. The number of aromatic nitrogens is 2. The van der Waals surface area contributed by atoms with Gasteiger partial charge < -0.3 is 14.8 Å². The first-order chi connectivity index (χ1) is 13.5. The summed E-state index contributed by atoms with van der Waals surface area (Å²) in [5.74, 6) is 0.226. The third kappa shape index (κ3) is 3.59. The second kappa shape index (κ2) is 7.84.